The van der Waals surface area contributed by atoms with Gasteiger partial charge in [-0.25, -0.2) is 8.78 Å². The van der Waals surface area contributed by atoms with Crippen LogP contribution in [0.4, 0.5) is 8.78 Å². The molecule has 1 aromatic heterocycles. The summed E-state index contributed by atoms with van der Waals surface area (Å²) >= 11 is 0. The van der Waals surface area contributed by atoms with Crippen LogP contribution in [0.5, 0.6) is 5.75 Å². The highest BCUT2D eigenvalue weighted by atomic mass is 19.3. The first-order valence-electron chi connectivity index (χ1n) is 12.1. The van der Waals surface area contributed by atoms with E-state index in [1.807, 2.05) is 36.1 Å². The Morgan fingerprint density at radius 1 is 1.11 bits per heavy atom. The van der Waals surface area contributed by atoms with Crippen molar-refractivity contribution in [1.29, 1.82) is 0 Å². The lowest BCUT2D eigenvalue weighted by atomic mass is 10.1. The number of likely N-dealkylation sites (tertiary alicyclic amines) is 1. The van der Waals surface area contributed by atoms with Crippen LogP contribution in [0.15, 0.2) is 53.5 Å². The molecule has 1 amide bonds. The van der Waals surface area contributed by atoms with E-state index in [4.69, 9.17) is 4.74 Å². The molecule has 0 unspecified atom stereocenters. The molecule has 1 saturated heterocycles. The molecule has 1 saturated carbocycles. The maximum Gasteiger partial charge on any atom is 0.263 e. The number of pyridine rings is 1. The zero-order chi connectivity index (χ0) is 24.6. The summed E-state index contributed by atoms with van der Waals surface area (Å²) in [7, 11) is 0. The maximum atomic E-state index is 13.4. The highest BCUT2D eigenvalue weighted by Gasteiger charge is 2.33. The quantitative estimate of drug-likeness (QED) is 0.547. The minimum Gasteiger partial charge on any atom is -0.492 e. The smallest absolute Gasteiger partial charge is 0.263 e. The molecule has 2 aromatic carbocycles. The minimum atomic E-state index is -2.56. The van der Waals surface area contributed by atoms with Gasteiger partial charge in [0.25, 0.3) is 17.4 Å². The van der Waals surface area contributed by atoms with E-state index in [2.05, 4.69) is 5.32 Å². The van der Waals surface area contributed by atoms with Gasteiger partial charge >= 0.3 is 0 Å². The van der Waals surface area contributed by atoms with Crippen LogP contribution in [-0.2, 0) is 0 Å². The fourth-order valence-corrected chi connectivity index (χ4v) is 4.40. The lowest BCUT2D eigenvalue weighted by Gasteiger charge is -2.31. The van der Waals surface area contributed by atoms with Gasteiger partial charge in [0.15, 0.2) is 0 Å². The van der Waals surface area contributed by atoms with Crippen LogP contribution in [-0.4, -0.2) is 53.6 Å². The first-order chi connectivity index (χ1) is 16.8. The van der Waals surface area contributed by atoms with Crippen molar-refractivity contribution < 1.29 is 18.3 Å². The van der Waals surface area contributed by atoms with Crippen LogP contribution in [0.1, 0.15) is 41.6 Å². The van der Waals surface area contributed by atoms with Crippen LogP contribution < -0.4 is 15.6 Å². The van der Waals surface area contributed by atoms with Crippen molar-refractivity contribution in [1.82, 2.24) is 14.8 Å². The molecule has 8 heteroatoms. The Morgan fingerprint density at radius 2 is 1.89 bits per heavy atom. The molecule has 35 heavy (non-hydrogen) atoms. The molecule has 0 radical (unpaired) electrons. The van der Waals surface area contributed by atoms with Gasteiger partial charge in [0.05, 0.1) is 11.1 Å². The predicted octanol–water partition coefficient (Wildman–Crippen LogP) is 4.30. The average molecular weight is 482 g/mol. The molecule has 0 atom stereocenters. The van der Waals surface area contributed by atoms with Crippen LogP contribution in [0.2, 0.25) is 0 Å². The van der Waals surface area contributed by atoms with Gasteiger partial charge in [0.2, 0.25) is 0 Å². The van der Waals surface area contributed by atoms with Gasteiger partial charge in [-0.05, 0) is 61.0 Å². The SMILES string of the molecule is Cc1ccc(C(=O)NC2CC2)cc1-n1ccc2ccc(OCCN3CCC(F)(F)CC3)cc2c1=O. The van der Waals surface area contributed by atoms with E-state index in [0.717, 1.165) is 23.8 Å². The number of carbonyl (C=O) groups excluding carboxylic acids is 1. The van der Waals surface area contributed by atoms with Gasteiger partial charge in [0.1, 0.15) is 12.4 Å². The highest BCUT2D eigenvalue weighted by Crippen LogP contribution is 2.27. The zero-order valence-corrected chi connectivity index (χ0v) is 19.7. The summed E-state index contributed by atoms with van der Waals surface area (Å²) in [6.45, 7) is 3.54. The van der Waals surface area contributed by atoms with E-state index in [9.17, 15) is 18.4 Å². The molecule has 2 fully saturated rings. The summed E-state index contributed by atoms with van der Waals surface area (Å²) in [6, 6.07) is 12.9. The van der Waals surface area contributed by atoms with Crippen LogP contribution in [0.25, 0.3) is 16.5 Å². The second-order valence-corrected chi connectivity index (χ2v) is 9.54. The van der Waals surface area contributed by atoms with E-state index in [0.29, 0.717) is 48.6 Å². The summed E-state index contributed by atoms with van der Waals surface area (Å²) in [5, 5.41) is 4.28. The molecule has 3 aromatic rings. The fourth-order valence-electron chi connectivity index (χ4n) is 4.40. The van der Waals surface area contributed by atoms with Gasteiger partial charge in [0, 0.05) is 50.3 Å². The number of ether oxygens (including phenoxy) is 1. The molecule has 1 aliphatic heterocycles. The lowest BCUT2D eigenvalue weighted by Crippen LogP contribution is -2.41. The first-order valence-corrected chi connectivity index (χ1v) is 12.1. The van der Waals surface area contributed by atoms with E-state index >= 15 is 0 Å². The van der Waals surface area contributed by atoms with Crippen molar-refractivity contribution >= 4 is 16.7 Å². The third-order valence-electron chi connectivity index (χ3n) is 6.78. The Morgan fingerprint density at radius 3 is 2.63 bits per heavy atom. The molecule has 5 rings (SSSR count). The summed E-state index contributed by atoms with van der Waals surface area (Å²) in [4.78, 5) is 27.9. The Balaban J connectivity index is 1.34. The molecule has 2 heterocycles. The zero-order valence-electron chi connectivity index (χ0n) is 19.7. The second-order valence-electron chi connectivity index (χ2n) is 9.54. The van der Waals surface area contributed by atoms with Gasteiger partial charge in [-0.1, -0.05) is 12.1 Å². The minimum absolute atomic E-state index is 0.120. The first kappa shape index (κ1) is 23.5. The topological polar surface area (TPSA) is 63.6 Å². The van der Waals surface area contributed by atoms with Crippen molar-refractivity contribution in [3.63, 3.8) is 0 Å². The number of hydrogen-bond donors (Lipinski definition) is 1. The Labute approximate surface area is 202 Å². The van der Waals surface area contributed by atoms with Crippen LogP contribution in [0.3, 0.4) is 0 Å². The molecule has 0 spiro atoms. The molecule has 1 N–H and O–H groups in total. The third-order valence-corrected chi connectivity index (χ3v) is 6.78. The molecular weight excluding hydrogens is 452 g/mol. The van der Waals surface area contributed by atoms with E-state index < -0.39 is 5.92 Å². The number of fused-ring (bicyclic) bond motifs is 1. The average Bonchev–Trinajstić information content (AvgIpc) is 3.65. The van der Waals surface area contributed by atoms with E-state index in [1.54, 1.807) is 29.0 Å². The number of alkyl halides is 2. The van der Waals surface area contributed by atoms with Crippen molar-refractivity contribution in [3.05, 3.63) is 70.1 Å². The fraction of sp³-hybridized carbons (Fsp3) is 0.407. The van der Waals surface area contributed by atoms with Crippen molar-refractivity contribution in [3.8, 4) is 11.4 Å². The van der Waals surface area contributed by atoms with Gasteiger partial charge in [-0.2, -0.15) is 0 Å². The molecular formula is C27H29F2N3O3. The number of hydrogen-bond acceptors (Lipinski definition) is 4. The van der Waals surface area contributed by atoms with Crippen molar-refractivity contribution in [2.75, 3.05) is 26.2 Å². The summed E-state index contributed by atoms with van der Waals surface area (Å²) in [5.74, 6) is -2.13. The highest BCUT2D eigenvalue weighted by molar-refractivity contribution is 5.95. The number of amides is 1. The second kappa shape index (κ2) is 9.41. The number of aryl methyl sites for hydroxylation is 1. The van der Waals surface area contributed by atoms with Crippen molar-refractivity contribution in [2.24, 2.45) is 0 Å². The number of carbonyl (C=O) groups is 1. The number of piperidine rings is 1. The normalized spacial score (nSPS) is 17.9. The molecule has 0 bridgehead atoms. The summed E-state index contributed by atoms with van der Waals surface area (Å²) in [6.07, 6.45) is 3.50. The predicted molar refractivity (Wildman–Crippen MR) is 131 cm³/mol. The molecule has 6 nitrogen and oxygen atoms in total. The van der Waals surface area contributed by atoms with E-state index in [1.165, 1.54) is 0 Å². The summed E-state index contributed by atoms with van der Waals surface area (Å²) < 4.78 is 34.1. The number of nitrogens with zero attached hydrogens (tertiary/aromatic N) is 2. The maximum absolute atomic E-state index is 13.4. The van der Waals surface area contributed by atoms with E-state index in [-0.39, 0.29) is 30.3 Å². The number of aromatic nitrogens is 1. The van der Waals surface area contributed by atoms with Crippen LogP contribution >= 0.6 is 0 Å². The number of nitrogens with one attached hydrogen (secondary N) is 1. The monoisotopic (exact) mass is 481 g/mol. The van der Waals surface area contributed by atoms with Gasteiger partial charge in [-0.15, -0.1) is 0 Å². The standard InChI is InChI=1S/C27H29F2N3O3/c1-18-2-3-20(25(33)30-21-5-6-21)16-24(18)32-11-8-19-4-7-22(17-23(19)26(32)34)35-15-14-31-12-9-27(28,29)10-13-31/h2-4,7-8,11,16-17,21H,5-6,9-10,12-15H2,1H3,(H,30,33). The Bertz CT molecular complexity index is 1310. The molecule has 2 aliphatic rings. The van der Waals surface area contributed by atoms with Crippen LogP contribution in [0, 0.1) is 6.92 Å². The summed E-state index contributed by atoms with van der Waals surface area (Å²) in [5.41, 5.74) is 1.87. The number of halogens is 2. The largest absolute Gasteiger partial charge is 0.492 e. The number of benzene rings is 2. The Kier molecular flexibility index (Phi) is 6.32. The third kappa shape index (κ3) is 5.37. The van der Waals surface area contributed by atoms with Gasteiger partial charge < -0.3 is 10.1 Å². The van der Waals surface area contributed by atoms with Crippen molar-refractivity contribution in [2.45, 2.75) is 44.6 Å². The Hall–Kier alpha value is -3.26. The lowest BCUT2D eigenvalue weighted by molar-refractivity contribution is -0.0564. The molecule has 1 aliphatic carbocycles. The van der Waals surface area contributed by atoms with Gasteiger partial charge in [-0.3, -0.25) is 19.1 Å². The molecule has 184 valence electrons. The number of rotatable bonds is 7.